The van der Waals surface area contributed by atoms with E-state index >= 15 is 0 Å². The molecule has 3 saturated heterocycles. The molecule has 254 valence electrons. The van der Waals surface area contributed by atoms with E-state index in [4.69, 9.17) is 22.4 Å². The lowest BCUT2D eigenvalue weighted by molar-refractivity contribution is -0.938. The first-order chi connectivity index (χ1) is 22.8. The number of carbonyl (C=O) groups is 5. The lowest BCUT2D eigenvalue weighted by Crippen LogP contribution is -2.71. The molecule has 0 spiro atoms. The molecule has 2 aromatic rings. The Morgan fingerprint density at radius 1 is 1.19 bits per heavy atom. The summed E-state index contributed by atoms with van der Waals surface area (Å²) in [6.45, 7) is 2.45. The molecule has 0 bridgehead atoms. The molecule has 1 aromatic heterocycles. The van der Waals surface area contributed by atoms with Gasteiger partial charge in [0.1, 0.15) is 29.7 Å². The number of nitrogen functional groups attached to an aromatic ring is 1. The molecule has 4 atom stereocenters. The SMILES string of the molecule is Nc1nc(/C(=C/CC(=O)O)C(=O)N[C@@H]2C(=O)N3C(C(=O)O)=C(C[N+]45CCCC4CN(C(=O)c4ccc(O)c(O)c4Cl)CC5)CS[C@H]23)cs1. The van der Waals surface area contributed by atoms with Crippen LogP contribution in [-0.2, 0) is 19.2 Å². The molecule has 5 heterocycles. The van der Waals surface area contributed by atoms with Gasteiger partial charge in [0.25, 0.3) is 17.7 Å². The van der Waals surface area contributed by atoms with Crippen LogP contribution in [0, 0.1) is 0 Å². The number of carboxylic acids is 2. The smallest absolute Gasteiger partial charge is 0.352 e. The fourth-order valence-electron chi connectivity index (χ4n) is 7.00. The van der Waals surface area contributed by atoms with Gasteiger partial charge in [-0.15, -0.1) is 23.1 Å². The Balaban J connectivity index is 1.18. The number of fused-ring (bicyclic) bond motifs is 2. The van der Waals surface area contributed by atoms with E-state index in [0.717, 1.165) is 30.7 Å². The zero-order valence-corrected chi connectivity index (χ0v) is 27.7. The lowest BCUT2D eigenvalue weighted by atomic mass is 10.00. The predicted molar refractivity (Wildman–Crippen MR) is 175 cm³/mol. The van der Waals surface area contributed by atoms with Crippen LogP contribution in [0.3, 0.4) is 0 Å². The number of phenols is 2. The number of carboxylic acid groups (broad SMARTS) is 2. The number of phenolic OH excluding ortho intramolecular Hbond substituents is 2. The van der Waals surface area contributed by atoms with Crippen LogP contribution in [0.1, 0.15) is 35.3 Å². The maximum absolute atomic E-state index is 13.4. The standard InChI is InChI=1S/C30H31ClN6O9S2/c31-21-17(3-5-19(38)24(21)41)26(43)35-7-9-37(8-1-2-15(37)10-35)11-14-12-47-28-22(27(44)36(28)23(14)29(45)46)34-25(42)16(4-6-20(39)40)18-13-48-30(32)33-18/h3-5,13,15,22,28H,1-2,6-12H2,(H6-,32,33,34,38,39,40,41,42,43,45,46)/p+1/b16-4-/t15?,22-,28-,37?/m1/s1. The van der Waals surface area contributed by atoms with E-state index < -0.39 is 53.1 Å². The normalized spacial score (nSPS) is 25.3. The minimum Gasteiger partial charge on any atom is -0.504 e. The molecular formula is C30H32ClN6O9S2+. The molecule has 48 heavy (non-hydrogen) atoms. The van der Waals surface area contributed by atoms with Crippen molar-refractivity contribution < 1.29 is 48.9 Å². The number of nitrogens with two attached hydrogens (primary N) is 1. The number of aliphatic carboxylic acids is 2. The van der Waals surface area contributed by atoms with Gasteiger partial charge in [-0.3, -0.25) is 24.1 Å². The molecule has 1 aromatic carbocycles. The number of thioether (sulfide) groups is 1. The average molecular weight is 720 g/mol. The molecule has 3 amide bonds. The van der Waals surface area contributed by atoms with Crippen molar-refractivity contribution in [1.29, 1.82) is 0 Å². The zero-order valence-electron chi connectivity index (χ0n) is 25.3. The summed E-state index contributed by atoms with van der Waals surface area (Å²) in [5.41, 5.74) is 6.39. The summed E-state index contributed by atoms with van der Waals surface area (Å²) in [6, 6.07) is 1.55. The highest BCUT2D eigenvalue weighted by molar-refractivity contribution is 8.00. The summed E-state index contributed by atoms with van der Waals surface area (Å²) < 4.78 is 0.562. The van der Waals surface area contributed by atoms with E-state index in [0.29, 0.717) is 42.0 Å². The number of β-lactam (4-membered cyclic amide) rings is 1. The van der Waals surface area contributed by atoms with E-state index in [-0.39, 0.29) is 44.6 Å². The number of aromatic nitrogens is 1. The van der Waals surface area contributed by atoms with E-state index in [1.165, 1.54) is 40.3 Å². The van der Waals surface area contributed by atoms with Gasteiger partial charge in [-0.25, -0.2) is 9.78 Å². The van der Waals surface area contributed by atoms with Crippen molar-refractivity contribution in [2.75, 3.05) is 44.2 Å². The molecule has 4 aliphatic heterocycles. The number of carbonyl (C=O) groups excluding carboxylic acids is 3. The third kappa shape index (κ3) is 5.95. The van der Waals surface area contributed by atoms with Crippen molar-refractivity contribution in [1.82, 2.24) is 20.1 Å². The molecule has 0 aliphatic carbocycles. The molecule has 6 rings (SSSR count). The largest absolute Gasteiger partial charge is 0.504 e. The van der Waals surface area contributed by atoms with Crippen LogP contribution in [0.25, 0.3) is 5.57 Å². The molecule has 7 N–H and O–H groups in total. The number of quaternary nitrogens is 1. The Morgan fingerprint density at radius 3 is 2.65 bits per heavy atom. The number of anilines is 1. The van der Waals surface area contributed by atoms with Gasteiger partial charge in [0, 0.05) is 29.5 Å². The van der Waals surface area contributed by atoms with Crippen LogP contribution in [-0.4, -0.2) is 125 Å². The summed E-state index contributed by atoms with van der Waals surface area (Å²) >= 11 is 8.58. The number of nitrogens with zero attached hydrogens (tertiary/aromatic N) is 4. The highest BCUT2D eigenvalue weighted by Crippen LogP contribution is 2.43. The monoisotopic (exact) mass is 719 g/mol. The minimum atomic E-state index is -1.25. The Morgan fingerprint density at radius 2 is 1.96 bits per heavy atom. The first-order valence-corrected chi connectivity index (χ1v) is 17.3. The number of rotatable bonds is 9. The van der Waals surface area contributed by atoms with Crippen LogP contribution in [0.5, 0.6) is 11.5 Å². The lowest BCUT2D eigenvalue weighted by Gasteiger charge is -2.51. The fraction of sp³-hybridized carbons (Fsp3) is 0.400. The van der Waals surface area contributed by atoms with Crippen molar-refractivity contribution in [2.24, 2.45) is 0 Å². The van der Waals surface area contributed by atoms with Gasteiger partial charge in [-0.05, 0) is 12.1 Å². The summed E-state index contributed by atoms with van der Waals surface area (Å²) in [5.74, 6) is -4.78. The number of halogens is 1. The molecule has 15 nitrogen and oxygen atoms in total. The van der Waals surface area contributed by atoms with E-state index in [1.807, 2.05) is 0 Å². The number of thiazole rings is 1. The number of hydrogen-bond acceptors (Lipinski definition) is 11. The Bertz CT molecular complexity index is 1800. The quantitative estimate of drug-likeness (QED) is 0.0940. The van der Waals surface area contributed by atoms with Crippen molar-refractivity contribution >= 4 is 75.1 Å². The van der Waals surface area contributed by atoms with Gasteiger partial charge in [0.05, 0.1) is 54.5 Å². The molecule has 0 radical (unpaired) electrons. The van der Waals surface area contributed by atoms with Crippen LogP contribution >= 0.6 is 34.7 Å². The van der Waals surface area contributed by atoms with Gasteiger partial charge < -0.3 is 40.9 Å². The second kappa shape index (κ2) is 12.9. The average Bonchev–Trinajstić information content (AvgIpc) is 3.67. The van der Waals surface area contributed by atoms with Crippen LogP contribution < -0.4 is 11.1 Å². The fourth-order valence-corrected chi connectivity index (χ4v) is 9.14. The van der Waals surface area contributed by atoms with Gasteiger partial charge in [-0.2, -0.15) is 0 Å². The summed E-state index contributed by atoms with van der Waals surface area (Å²) in [6.07, 6.45) is 2.42. The third-order valence-electron chi connectivity index (χ3n) is 9.34. The number of piperazine rings is 1. The van der Waals surface area contributed by atoms with E-state index in [2.05, 4.69) is 10.3 Å². The van der Waals surface area contributed by atoms with E-state index in [9.17, 15) is 39.3 Å². The number of amides is 3. The van der Waals surface area contributed by atoms with Gasteiger partial charge >= 0.3 is 11.9 Å². The van der Waals surface area contributed by atoms with Crippen molar-refractivity contribution in [2.45, 2.75) is 36.7 Å². The molecule has 4 aliphatic rings. The number of hydrogen-bond donors (Lipinski definition) is 6. The second-order valence-corrected chi connectivity index (χ2v) is 14.4. The van der Waals surface area contributed by atoms with Crippen molar-refractivity contribution in [3.8, 4) is 11.5 Å². The zero-order chi connectivity index (χ0) is 34.5. The minimum absolute atomic E-state index is 0.00680. The highest BCUT2D eigenvalue weighted by atomic mass is 35.5. The molecule has 18 heteroatoms. The Hall–Kier alpha value is -4.32. The van der Waals surface area contributed by atoms with Gasteiger partial charge in [-0.1, -0.05) is 17.7 Å². The second-order valence-electron chi connectivity index (χ2n) is 12.1. The number of nitrogens with one attached hydrogen (secondary N) is 1. The van der Waals surface area contributed by atoms with E-state index in [1.54, 1.807) is 4.90 Å². The highest BCUT2D eigenvalue weighted by Gasteiger charge is 2.56. The third-order valence-corrected chi connectivity index (χ3v) is 11.7. The molecule has 0 saturated carbocycles. The van der Waals surface area contributed by atoms with Crippen molar-refractivity contribution in [3.63, 3.8) is 0 Å². The maximum Gasteiger partial charge on any atom is 0.352 e. The molecule has 3 fully saturated rings. The molecular weight excluding hydrogens is 688 g/mol. The Kier molecular flexibility index (Phi) is 9.06. The van der Waals surface area contributed by atoms with Crippen LogP contribution in [0.4, 0.5) is 5.13 Å². The van der Waals surface area contributed by atoms with Crippen molar-refractivity contribution in [3.05, 3.63) is 51.1 Å². The predicted octanol–water partition coefficient (Wildman–Crippen LogP) is 1.52. The van der Waals surface area contributed by atoms with Gasteiger partial charge in [0.15, 0.2) is 16.6 Å². The maximum atomic E-state index is 13.4. The number of benzene rings is 1. The number of aromatic hydroxyl groups is 2. The summed E-state index contributed by atoms with van der Waals surface area (Å²) in [7, 11) is 0. The topological polar surface area (TPSA) is 224 Å². The summed E-state index contributed by atoms with van der Waals surface area (Å²) in [4.78, 5) is 70.8. The van der Waals surface area contributed by atoms with Crippen LogP contribution in [0.15, 0.2) is 34.9 Å². The first-order valence-electron chi connectivity index (χ1n) is 15.0. The van der Waals surface area contributed by atoms with Gasteiger partial charge in [0.2, 0.25) is 0 Å². The summed E-state index contributed by atoms with van der Waals surface area (Å²) in [5, 5.41) is 42.6. The molecule has 2 unspecified atom stereocenters. The Labute approximate surface area is 286 Å². The van der Waals surface area contributed by atoms with Crippen LogP contribution in [0.2, 0.25) is 5.02 Å². The first kappa shape index (κ1) is 33.6.